The van der Waals surface area contributed by atoms with E-state index in [1.807, 2.05) is 36.7 Å². The number of hydrogen-bond acceptors (Lipinski definition) is 4. The number of nitrogens with one attached hydrogen (secondary N) is 1. The number of rotatable bonds is 2. The van der Waals surface area contributed by atoms with Crippen LogP contribution in [0.25, 0.3) is 27.9 Å². The molecule has 4 rings (SSSR count). The summed E-state index contributed by atoms with van der Waals surface area (Å²) in [5, 5.41) is 5.56. The van der Waals surface area contributed by atoms with Gasteiger partial charge in [0, 0.05) is 35.6 Å². The Morgan fingerprint density at radius 3 is 3.05 bits per heavy atom. The highest BCUT2D eigenvalue weighted by Crippen LogP contribution is 2.27. The van der Waals surface area contributed by atoms with Gasteiger partial charge in [0.1, 0.15) is 5.65 Å². The average molecular weight is 265 g/mol. The molecule has 0 atom stereocenters. The minimum atomic E-state index is 0.587. The highest BCUT2D eigenvalue weighted by Gasteiger charge is 2.10. The van der Waals surface area contributed by atoms with Crippen molar-refractivity contribution >= 4 is 16.7 Å². The number of methoxy groups -OCH3 is 1. The van der Waals surface area contributed by atoms with Crippen molar-refractivity contribution in [3.8, 4) is 17.1 Å². The molecule has 4 heterocycles. The van der Waals surface area contributed by atoms with Gasteiger partial charge in [0.25, 0.3) is 0 Å². The fraction of sp³-hybridized carbons (Fsp3) is 0.0714. The molecule has 4 aromatic heterocycles. The van der Waals surface area contributed by atoms with Crippen molar-refractivity contribution in [2.45, 2.75) is 0 Å². The molecule has 1 N–H and O–H groups in total. The molecule has 0 spiro atoms. The van der Waals surface area contributed by atoms with Gasteiger partial charge in [-0.2, -0.15) is 10.1 Å². The largest absolute Gasteiger partial charge is 0.481 e. The third-order valence-electron chi connectivity index (χ3n) is 3.25. The van der Waals surface area contributed by atoms with Crippen LogP contribution >= 0.6 is 0 Å². The zero-order valence-corrected chi connectivity index (χ0v) is 10.7. The van der Waals surface area contributed by atoms with Crippen LogP contribution in [0, 0.1) is 0 Å². The fourth-order valence-corrected chi connectivity index (χ4v) is 2.27. The zero-order valence-electron chi connectivity index (χ0n) is 10.7. The fourth-order valence-electron chi connectivity index (χ4n) is 2.27. The van der Waals surface area contributed by atoms with Crippen molar-refractivity contribution in [2.75, 3.05) is 7.11 Å². The van der Waals surface area contributed by atoms with Crippen LogP contribution in [0.2, 0.25) is 0 Å². The molecule has 0 saturated carbocycles. The van der Waals surface area contributed by atoms with Crippen LogP contribution in [-0.2, 0) is 0 Å². The predicted molar refractivity (Wildman–Crippen MR) is 74.6 cm³/mol. The van der Waals surface area contributed by atoms with Gasteiger partial charge in [0.2, 0.25) is 5.88 Å². The number of fused-ring (bicyclic) bond motifs is 2. The molecule has 0 aliphatic rings. The van der Waals surface area contributed by atoms with Crippen molar-refractivity contribution in [1.82, 2.24) is 24.6 Å². The lowest BCUT2D eigenvalue weighted by molar-refractivity contribution is 0.399. The number of nitrogens with zero attached hydrogens (tertiary/aromatic N) is 4. The van der Waals surface area contributed by atoms with Gasteiger partial charge >= 0.3 is 0 Å². The molecule has 0 aliphatic carbocycles. The Kier molecular flexibility index (Phi) is 2.23. The maximum absolute atomic E-state index is 5.13. The molecule has 0 aliphatic heterocycles. The van der Waals surface area contributed by atoms with Crippen LogP contribution in [-0.4, -0.2) is 31.7 Å². The van der Waals surface area contributed by atoms with E-state index in [2.05, 4.69) is 20.1 Å². The van der Waals surface area contributed by atoms with E-state index in [1.165, 1.54) is 0 Å². The maximum Gasteiger partial charge on any atom is 0.214 e. The van der Waals surface area contributed by atoms with Crippen molar-refractivity contribution in [3.63, 3.8) is 0 Å². The summed E-state index contributed by atoms with van der Waals surface area (Å²) >= 11 is 0. The highest BCUT2D eigenvalue weighted by molar-refractivity contribution is 5.92. The first-order valence-corrected chi connectivity index (χ1v) is 6.18. The molecule has 0 unspecified atom stereocenters. The lowest BCUT2D eigenvalue weighted by Gasteiger charge is -2.01. The van der Waals surface area contributed by atoms with Gasteiger partial charge in [-0.3, -0.25) is 0 Å². The van der Waals surface area contributed by atoms with Gasteiger partial charge < -0.3 is 9.72 Å². The van der Waals surface area contributed by atoms with Gasteiger partial charge in [-0.1, -0.05) is 0 Å². The lowest BCUT2D eigenvalue weighted by Crippen LogP contribution is -1.92. The Balaban J connectivity index is 1.92. The lowest BCUT2D eigenvalue weighted by atomic mass is 10.1. The summed E-state index contributed by atoms with van der Waals surface area (Å²) in [4.78, 5) is 11.7. The molecule has 20 heavy (non-hydrogen) atoms. The summed E-state index contributed by atoms with van der Waals surface area (Å²) < 4.78 is 6.88. The van der Waals surface area contributed by atoms with Crippen LogP contribution in [0.15, 0.2) is 42.9 Å². The second-order valence-corrected chi connectivity index (χ2v) is 4.40. The van der Waals surface area contributed by atoms with Crippen LogP contribution in [0.3, 0.4) is 0 Å². The molecule has 0 fully saturated rings. The number of pyridine rings is 1. The van der Waals surface area contributed by atoms with Crippen molar-refractivity contribution in [2.24, 2.45) is 0 Å². The summed E-state index contributed by atoms with van der Waals surface area (Å²) in [6, 6.07) is 7.72. The first kappa shape index (κ1) is 11.0. The maximum atomic E-state index is 5.13. The van der Waals surface area contributed by atoms with Crippen LogP contribution in [0.1, 0.15) is 0 Å². The van der Waals surface area contributed by atoms with E-state index < -0.39 is 0 Å². The molecular weight excluding hydrogens is 254 g/mol. The minimum absolute atomic E-state index is 0.587. The Morgan fingerprint density at radius 1 is 1.20 bits per heavy atom. The topological polar surface area (TPSA) is 68.1 Å². The quantitative estimate of drug-likeness (QED) is 0.603. The number of aromatic amines is 1. The van der Waals surface area contributed by atoms with Crippen molar-refractivity contribution in [1.29, 1.82) is 0 Å². The zero-order chi connectivity index (χ0) is 13.5. The molecule has 98 valence electrons. The van der Waals surface area contributed by atoms with Gasteiger partial charge in [-0.05, 0) is 18.2 Å². The summed E-state index contributed by atoms with van der Waals surface area (Å²) in [6.45, 7) is 0. The standard InChI is InChI=1S/C14H11N5O/c1-20-13-5-2-9-10(8-16-14(9)17-13)11-3-4-12-15-6-7-19(12)18-11/h2-8H,1H3,(H,16,17). The van der Waals surface area contributed by atoms with Gasteiger partial charge in [-0.25, -0.2) is 9.50 Å². The highest BCUT2D eigenvalue weighted by atomic mass is 16.5. The number of aromatic nitrogens is 5. The van der Waals surface area contributed by atoms with Crippen molar-refractivity contribution < 1.29 is 4.74 Å². The molecule has 0 bridgehead atoms. The Hall–Kier alpha value is -2.89. The number of ether oxygens (including phenoxy) is 1. The molecule has 0 amide bonds. The van der Waals surface area contributed by atoms with E-state index in [0.29, 0.717) is 5.88 Å². The molecule has 6 heteroatoms. The third kappa shape index (κ3) is 1.55. The first-order chi connectivity index (χ1) is 9.85. The smallest absolute Gasteiger partial charge is 0.214 e. The minimum Gasteiger partial charge on any atom is -0.481 e. The van der Waals surface area contributed by atoms with Crippen molar-refractivity contribution in [3.05, 3.63) is 42.9 Å². The van der Waals surface area contributed by atoms with E-state index in [1.54, 1.807) is 17.8 Å². The van der Waals surface area contributed by atoms with Crippen LogP contribution in [0.4, 0.5) is 0 Å². The molecule has 6 nitrogen and oxygen atoms in total. The predicted octanol–water partition coefficient (Wildman–Crippen LogP) is 2.28. The molecular formula is C14H11N5O. The molecule has 0 aromatic carbocycles. The van der Waals surface area contributed by atoms with E-state index in [-0.39, 0.29) is 0 Å². The summed E-state index contributed by atoms with van der Waals surface area (Å²) in [5.74, 6) is 0.587. The van der Waals surface area contributed by atoms with E-state index in [9.17, 15) is 0 Å². The number of imidazole rings is 1. The summed E-state index contributed by atoms with van der Waals surface area (Å²) in [6.07, 6.45) is 5.46. The normalized spacial score (nSPS) is 11.2. The summed E-state index contributed by atoms with van der Waals surface area (Å²) in [5.41, 5.74) is 3.49. The summed E-state index contributed by atoms with van der Waals surface area (Å²) in [7, 11) is 1.60. The number of H-pyrrole nitrogens is 1. The monoisotopic (exact) mass is 265 g/mol. The van der Waals surface area contributed by atoms with E-state index in [4.69, 9.17) is 4.74 Å². The van der Waals surface area contributed by atoms with Gasteiger partial charge in [0.15, 0.2) is 5.65 Å². The molecule has 0 radical (unpaired) electrons. The van der Waals surface area contributed by atoms with Crippen LogP contribution < -0.4 is 4.74 Å². The Labute approximate surface area is 114 Å². The molecule has 0 saturated heterocycles. The third-order valence-corrected chi connectivity index (χ3v) is 3.25. The van der Waals surface area contributed by atoms with Gasteiger partial charge in [-0.15, -0.1) is 0 Å². The number of hydrogen-bond donors (Lipinski definition) is 1. The van der Waals surface area contributed by atoms with E-state index >= 15 is 0 Å². The Bertz CT molecular complexity index is 908. The first-order valence-electron chi connectivity index (χ1n) is 6.18. The second kappa shape index (κ2) is 4.06. The molecule has 4 aromatic rings. The van der Waals surface area contributed by atoms with Crippen LogP contribution in [0.5, 0.6) is 5.88 Å². The van der Waals surface area contributed by atoms with E-state index in [0.717, 1.165) is 27.9 Å². The Morgan fingerprint density at radius 2 is 2.15 bits per heavy atom. The second-order valence-electron chi connectivity index (χ2n) is 4.40. The average Bonchev–Trinajstić information content (AvgIpc) is 3.11. The van der Waals surface area contributed by atoms with Gasteiger partial charge in [0.05, 0.1) is 12.8 Å². The SMILES string of the molecule is COc1ccc2c(-c3ccc4nccn4n3)c[nH]c2n1.